The number of nitrogens with one attached hydrogen (secondary N) is 2. The van der Waals surface area contributed by atoms with Crippen LogP contribution < -0.4 is 10.2 Å². The smallest absolute Gasteiger partial charge is 0.336 e. The van der Waals surface area contributed by atoms with Crippen molar-refractivity contribution in [3.05, 3.63) is 52.7 Å². The average molecular weight is 323 g/mol. The summed E-state index contributed by atoms with van der Waals surface area (Å²) in [6.07, 6.45) is 4.38. The Hall–Kier alpha value is -2.07. The van der Waals surface area contributed by atoms with Crippen LogP contribution in [0.1, 0.15) is 25.3 Å². The standard InChI is InChI=1S/C20H22N2O2/c1-3-12-11-22-9-8-20-14-6-4-5-7-15(14)21-18(20)17(19(23)24-2)13(12)10-16(20)22/h3-7,13,16,21H,8-11H2,1-2H3/p+1/b12-3-/t13-,16-,20+/m0/s1. The number of para-hydroxylation sites is 1. The molecule has 0 saturated carbocycles. The zero-order valence-electron chi connectivity index (χ0n) is 14.2. The van der Waals surface area contributed by atoms with Crippen LogP contribution >= 0.6 is 0 Å². The number of rotatable bonds is 1. The van der Waals surface area contributed by atoms with Gasteiger partial charge in [0.25, 0.3) is 0 Å². The Kier molecular flexibility index (Phi) is 2.82. The van der Waals surface area contributed by atoms with Crippen LogP contribution in [-0.4, -0.2) is 32.2 Å². The summed E-state index contributed by atoms with van der Waals surface area (Å²) in [5.74, 6) is 0.0436. The lowest BCUT2D eigenvalue weighted by atomic mass is 9.62. The Balaban J connectivity index is 1.82. The molecular weight excluding hydrogens is 300 g/mol. The van der Waals surface area contributed by atoms with E-state index in [0.29, 0.717) is 6.04 Å². The van der Waals surface area contributed by atoms with Crippen molar-refractivity contribution in [2.45, 2.75) is 31.2 Å². The molecule has 2 N–H and O–H groups in total. The van der Waals surface area contributed by atoms with E-state index in [1.54, 1.807) is 4.90 Å². The van der Waals surface area contributed by atoms with Gasteiger partial charge in [-0.1, -0.05) is 24.3 Å². The van der Waals surface area contributed by atoms with E-state index < -0.39 is 0 Å². The van der Waals surface area contributed by atoms with Gasteiger partial charge in [-0.25, -0.2) is 4.79 Å². The quantitative estimate of drug-likeness (QED) is 0.607. The third-order valence-corrected chi connectivity index (χ3v) is 6.79. The summed E-state index contributed by atoms with van der Waals surface area (Å²) >= 11 is 0. The van der Waals surface area contributed by atoms with Crippen LogP contribution in [0.2, 0.25) is 0 Å². The molecule has 2 saturated heterocycles. The van der Waals surface area contributed by atoms with Gasteiger partial charge >= 0.3 is 5.97 Å². The van der Waals surface area contributed by atoms with Crippen LogP contribution in [0, 0.1) is 5.92 Å². The molecule has 0 aromatic heterocycles. The summed E-state index contributed by atoms with van der Waals surface area (Å²) in [4.78, 5) is 14.4. The monoisotopic (exact) mass is 323 g/mol. The van der Waals surface area contributed by atoms with E-state index in [4.69, 9.17) is 4.74 Å². The van der Waals surface area contributed by atoms with Crippen molar-refractivity contribution in [1.82, 2.24) is 0 Å². The van der Waals surface area contributed by atoms with Gasteiger partial charge in [0.2, 0.25) is 0 Å². The third kappa shape index (κ3) is 1.50. The minimum absolute atomic E-state index is 0.0226. The molecule has 3 heterocycles. The number of anilines is 1. The lowest BCUT2D eigenvalue weighted by Gasteiger charge is -2.45. The lowest BCUT2D eigenvalue weighted by molar-refractivity contribution is -0.914. The number of ether oxygens (including phenoxy) is 1. The van der Waals surface area contributed by atoms with Gasteiger partial charge in [0, 0.05) is 30.1 Å². The number of carbonyl (C=O) groups excluding carboxylic acids is 1. The first kappa shape index (κ1) is 14.3. The number of esters is 1. The van der Waals surface area contributed by atoms with Gasteiger partial charge < -0.3 is 15.0 Å². The van der Waals surface area contributed by atoms with Crippen molar-refractivity contribution < 1.29 is 14.4 Å². The Morgan fingerprint density at radius 2 is 2.25 bits per heavy atom. The molecule has 0 amide bonds. The zero-order chi connectivity index (χ0) is 16.5. The van der Waals surface area contributed by atoms with Crippen LogP contribution in [0.5, 0.6) is 0 Å². The van der Waals surface area contributed by atoms with Crippen molar-refractivity contribution in [2.24, 2.45) is 5.92 Å². The number of benzene rings is 1. The van der Waals surface area contributed by atoms with Crippen LogP contribution in [0.4, 0.5) is 5.69 Å². The summed E-state index contributed by atoms with van der Waals surface area (Å²) in [5.41, 5.74) is 5.92. The first-order valence-corrected chi connectivity index (χ1v) is 8.90. The molecule has 1 aromatic rings. The Bertz CT molecular complexity index is 810. The fourth-order valence-corrected chi connectivity index (χ4v) is 5.83. The van der Waals surface area contributed by atoms with Crippen molar-refractivity contribution in [3.63, 3.8) is 0 Å². The van der Waals surface area contributed by atoms with E-state index in [2.05, 4.69) is 42.6 Å². The maximum Gasteiger partial charge on any atom is 0.336 e. The van der Waals surface area contributed by atoms with Gasteiger partial charge in [-0.3, -0.25) is 0 Å². The number of hydrogen-bond donors (Lipinski definition) is 2. The van der Waals surface area contributed by atoms with Gasteiger partial charge in [-0.15, -0.1) is 0 Å². The van der Waals surface area contributed by atoms with Gasteiger partial charge in [-0.05, 0) is 24.1 Å². The van der Waals surface area contributed by atoms with Gasteiger partial charge in [0.1, 0.15) is 6.04 Å². The maximum absolute atomic E-state index is 12.7. The molecule has 3 aliphatic heterocycles. The maximum atomic E-state index is 12.7. The highest BCUT2D eigenvalue weighted by molar-refractivity contribution is 5.94. The molecule has 0 radical (unpaired) electrons. The number of carbonyl (C=O) groups is 1. The fourth-order valence-electron chi connectivity index (χ4n) is 5.83. The lowest BCUT2D eigenvalue weighted by Crippen LogP contribution is -3.16. The highest BCUT2D eigenvalue weighted by atomic mass is 16.5. The molecule has 24 heavy (non-hydrogen) atoms. The van der Waals surface area contributed by atoms with E-state index in [9.17, 15) is 4.79 Å². The van der Waals surface area contributed by atoms with Crippen LogP contribution in [0.15, 0.2) is 47.2 Å². The molecule has 5 rings (SSSR count). The molecule has 2 fully saturated rings. The summed E-state index contributed by atoms with van der Waals surface area (Å²) in [5, 5.41) is 3.63. The molecule has 2 bridgehead atoms. The predicted octanol–water partition coefficient (Wildman–Crippen LogP) is 1.41. The molecule has 1 spiro atoms. The molecule has 1 aromatic carbocycles. The number of methoxy groups -OCH3 is 1. The van der Waals surface area contributed by atoms with Gasteiger partial charge in [-0.2, -0.15) is 0 Å². The molecule has 4 atom stereocenters. The van der Waals surface area contributed by atoms with Crippen LogP contribution in [0.3, 0.4) is 0 Å². The minimum Gasteiger partial charge on any atom is -0.466 e. The van der Waals surface area contributed by atoms with E-state index in [1.807, 2.05) is 0 Å². The first-order valence-electron chi connectivity index (χ1n) is 8.90. The molecule has 4 heteroatoms. The summed E-state index contributed by atoms with van der Waals surface area (Å²) < 4.78 is 5.21. The number of quaternary nitrogens is 1. The first-order chi connectivity index (χ1) is 11.7. The predicted molar refractivity (Wildman–Crippen MR) is 91.8 cm³/mol. The topological polar surface area (TPSA) is 42.8 Å². The fraction of sp³-hybridized carbons (Fsp3) is 0.450. The van der Waals surface area contributed by atoms with Crippen molar-refractivity contribution in [3.8, 4) is 0 Å². The Labute approximate surface area is 142 Å². The Morgan fingerprint density at radius 1 is 1.42 bits per heavy atom. The molecule has 4 aliphatic rings. The Morgan fingerprint density at radius 3 is 3.04 bits per heavy atom. The second-order valence-corrected chi connectivity index (χ2v) is 7.46. The minimum atomic E-state index is -0.164. The van der Waals surface area contributed by atoms with Crippen molar-refractivity contribution in [1.29, 1.82) is 0 Å². The molecule has 4 nitrogen and oxygen atoms in total. The molecule has 1 unspecified atom stereocenters. The van der Waals surface area contributed by atoms with Crippen molar-refractivity contribution in [2.75, 3.05) is 25.5 Å². The number of hydrogen-bond acceptors (Lipinski definition) is 3. The van der Waals surface area contributed by atoms with E-state index in [0.717, 1.165) is 30.7 Å². The number of fused-ring (bicyclic) bond motifs is 2. The number of piperidine rings is 1. The van der Waals surface area contributed by atoms with Gasteiger partial charge in [0.15, 0.2) is 0 Å². The van der Waals surface area contributed by atoms with E-state index in [1.165, 1.54) is 30.5 Å². The van der Waals surface area contributed by atoms with E-state index >= 15 is 0 Å². The van der Waals surface area contributed by atoms with Crippen LogP contribution in [-0.2, 0) is 14.9 Å². The van der Waals surface area contributed by atoms with Gasteiger partial charge in [0.05, 0.1) is 31.2 Å². The SMILES string of the molecule is C/C=C1/C[NH+]2CC[C@]34C(=C(C(=O)OC)[C@H]1C[C@H]23)Nc1ccccc14. The highest BCUT2D eigenvalue weighted by Crippen LogP contribution is 2.56. The zero-order valence-corrected chi connectivity index (χ0v) is 14.2. The highest BCUT2D eigenvalue weighted by Gasteiger charge is 2.64. The average Bonchev–Trinajstić information content (AvgIpc) is 3.17. The third-order valence-electron chi connectivity index (χ3n) is 6.79. The largest absolute Gasteiger partial charge is 0.466 e. The molecule has 124 valence electrons. The molecular formula is C20H23N2O2+. The normalized spacial score (nSPS) is 37.1. The van der Waals surface area contributed by atoms with E-state index in [-0.39, 0.29) is 17.3 Å². The summed E-state index contributed by atoms with van der Waals surface area (Å²) in [6, 6.07) is 9.15. The second-order valence-electron chi connectivity index (χ2n) is 7.46. The summed E-state index contributed by atoms with van der Waals surface area (Å²) in [6.45, 7) is 4.33. The summed E-state index contributed by atoms with van der Waals surface area (Å²) in [7, 11) is 1.50. The number of allylic oxidation sites excluding steroid dienone is 1. The van der Waals surface area contributed by atoms with Crippen molar-refractivity contribution >= 4 is 11.7 Å². The van der Waals surface area contributed by atoms with Crippen LogP contribution in [0.25, 0.3) is 0 Å². The second kappa shape index (κ2) is 4.73. The molecule has 1 aliphatic carbocycles.